The molecule has 1 amide bonds. The van der Waals surface area contributed by atoms with Gasteiger partial charge in [0.05, 0.1) is 23.5 Å². The number of aromatic nitrogens is 3. The number of hydrogen-bond acceptors (Lipinski definition) is 5. The van der Waals surface area contributed by atoms with Crippen molar-refractivity contribution in [1.82, 2.24) is 19.7 Å². The van der Waals surface area contributed by atoms with Crippen LogP contribution in [0.15, 0.2) is 36.2 Å². The van der Waals surface area contributed by atoms with Crippen LogP contribution in [0, 0.1) is 0 Å². The molecule has 1 aliphatic heterocycles. The smallest absolute Gasteiger partial charge is 0.255 e. The molecular weight excluding hydrogens is 334 g/mol. The number of thiophene rings is 1. The summed E-state index contributed by atoms with van der Waals surface area (Å²) in [5, 5.41) is 7.40. The van der Waals surface area contributed by atoms with Crippen molar-refractivity contribution < 1.29 is 4.79 Å². The molecule has 4 rings (SSSR count). The monoisotopic (exact) mass is 355 g/mol. The van der Waals surface area contributed by atoms with E-state index in [-0.39, 0.29) is 5.91 Å². The molecule has 0 radical (unpaired) electrons. The Morgan fingerprint density at radius 2 is 2.08 bits per heavy atom. The molecule has 0 N–H and O–H groups in total. The van der Waals surface area contributed by atoms with Crippen molar-refractivity contribution in [3.05, 3.63) is 41.8 Å². The van der Waals surface area contributed by atoms with Crippen molar-refractivity contribution in [2.45, 2.75) is 18.9 Å². The zero-order valence-corrected chi connectivity index (χ0v) is 15.2. The summed E-state index contributed by atoms with van der Waals surface area (Å²) in [5.41, 5.74) is 1.89. The van der Waals surface area contributed by atoms with Gasteiger partial charge in [-0.15, -0.1) is 11.3 Å². The Morgan fingerprint density at radius 3 is 2.80 bits per heavy atom. The first kappa shape index (κ1) is 16.1. The summed E-state index contributed by atoms with van der Waals surface area (Å²) in [6.45, 7) is 1.52. The Bertz CT molecular complexity index is 892. The van der Waals surface area contributed by atoms with E-state index in [0.29, 0.717) is 6.04 Å². The fraction of sp³-hybridized carbons (Fsp3) is 0.389. The molecule has 0 unspecified atom stereocenters. The van der Waals surface area contributed by atoms with Crippen LogP contribution in [0.1, 0.15) is 29.2 Å². The fourth-order valence-electron chi connectivity index (χ4n) is 3.30. The van der Waals surface area contributed by atoms with E-state index in [1.165, 1.54) is 0 Å². The van der Waals surface area contributed by atoms with Crippen LogP contribution in [0.5, 0.6) is 0 Å². The Morgan fingerprint density at radius 1 is 1.28 bits per heavy atom. The second-order valence-electron chi connectivity index (χ2n) is 6.62. The maximum Gasteiger partial charge on any atom is 0.255 e. The minimum Gasteiger partial charge on any atom is -0.375 e. The van der Waals surface area contributed by atoms with Crippen molar-refractivity contribution in [2.75, 3.05) is 32.1 Å². The van der Waals surface area contributed by atoms with E-state index in [2.05, 4.69) is 21.2 Å². The summed E-state index contributed by atoms with van der Waals surface area (Å²) >= 11 is 1.60. The van der Waals surface area contributed by atoms with Crippen LogP contribution in [0.2, 0.25) is 0 Å². The molecule has 3 aromatic heterocycles. The highest BCUT2D eigenvalue weighted by atomic mass is 32.1. The lowest BCUT2D eigenvalue weighted by molar-refractivity contribution is 0.0692. The topological polar surface area (TPSA) is 54.3 Å². The van der Waals surface area contributed by atoms with Crippen molar-refractivity contribution in [3.8, 4) is 0 Å². The molecule has 3 aromatic rings. The number of amides is 1. The summed E-state index contributed by atoms with van der Waals surface area (Å²) in [5.74, 6) is 0.118. The Balaban J connectivity index is 1.45. The van der Waals surface area contributed by atoms with E-state index in [1.54, 1.807) is 23.7 Å². The summed E-state index contributed by atoms with van der Waals surface area (Å²) in [7, 11) is 4.03. The fourth-order valence-corrected chi connectivity index (χ4v) is 4.20. The average Bonchev–Trinajstić information content (AvgIpc) is 3.29. The van der Waals surface area contributed by atoms with Crippen LogP contribution in [0.3, 0.4) is 0 Å². The third-order valence-corrected chi connectivity index (χ3v) is 5.80. The van der Waals surface area contributed by atoms with Crippen molar-refractivity contribution >= 4 is 33.0 Å². The van der Waals surface area contributed by atoms with Crippen LogP contribution in [0.4, 0.5) is 5.69 Å². The number of carbonyl (C=O) groups excluding carboxylic acids is 1. The highest BCUT2D eigenvalue weighted by molar-refractivity contribution is 7.17. The highest BCUT2D eigenvalue weighted by Crippen LogP contribution is 2.29. The number of fused-ring (bicyclic) bond motifs is 1. The molecule has 0 spiro atoms. The third kappa shape index (κ3) is 3.00. The minimum absolute atomic E-state index is 0.118. The summed E-state index contributed by atoms with van der Waals surface area (Å²) < 4.78 is 3.15. The normalized spacial score (nSPS) is 15.7. The zero-order chi connectivity index (χ0) is 17.4. The summed E-state index contributed by atoms with van der Waals surface area (Å²) in [6, 6.07) is 2.32. The summed E-state index contributed by atoms with van der Waals surface area (Å²) in [6.07, 6.45) is 9.40. The molecule has 6 nitrogen and oxygen atoms in total. The minimum atomic E-state index is 0.118. The number of anilines is 1. The Labute approximate surface area is 150 Å². The molecule has 1 aliphatic rings. The van der Waals surface area contributed by atoms with Gasteiger partial charge in [-0.3, -0.25) is 14.5 Å². The van der Waals surface area contributed by atoms with Gasteiger partial charge in [0, 0.05) is 61.2 Å². The van der Waals surface area contributed by atoms with Gasteiger partial charge in [0.25, 0.3) is 5.91 Å². The van der Waals surface area contributed by atoms with Crippen molar-refractivity contribution in [3.63, 3.8) is 0 Å². The molecule has 0 atom stereocenters. The van der Waals surface area contributed by atoms with Crippen LogP contribution in [-0.2, 0) is 0 Å². The quantitative estimate of drug-likeness (QED) is 0.725. The third-order valence-electron chi connectivity index (χ3n) is 4.84. The maximum absolute atomic E-state index is 12.9. The van der Waals surface area contributed by atoms with E-state index in [9.17, 15) is 4.79 Å². The van der Waals surface area contributed by atoms with Gasteiger partial charge >= 0.3 is 0 Å². The summed E-state index contributed by atoms with van der Waals surface area (Å²) in [4.78, 5) is 21.1. The molecule has 0 bridgehead atoms. The van der Waals surface area contributed by atoms with E-state index < -0.39 is 0 Å². The van der Waals surface area contributed by atoms with Crippen LogP contribution < -0.4 is 4.90 Å². The number of carbonyl (C=O) groups is 1. The zero-order valence-electron chi connectivity index (χ0n) is 14.4. The average molecular weight is 355 g/mol. The van der Waals surface area contributed by atoms with Gasteiger partial charge in [0.2, 0.25) is 0 Å². The van der Waals surface area contributed by atoms with E-state index in [4.69, 9.17) is 0 Å². The van der Waals surface area contributed by atoms with Gasteiger partial charge in [-0.1, -0.05) is 0 Å². The number of likely N-dealkylation sites (tertiary alicyclic amines) is 1. The number of hydrogen-bond donors (Lipinski definition) is 0. The van der Waals surface area contributed by atoms with Gasteiger partial charge in [-0.05, 0) is 18.9 Å². The molecule has 0 saturated carbocycles. The largest absolute Gasteiger partial charge is 0.375 e. The molecule has 1 fully saturated rings. The van der Waals surface area contributed by atoms with Gasteiger partial charge < -0.3 is 9.80 Å². The first-order chi connectivity index (χ1) is 12.1. The Hall–Kier alpha value is -2.41. The maximum atomic E-state index is 12.9. The van der Waals surface area contributed by atoms with Crippen molar-refractivity contribution in [2.24, 2.45) is 0 Å². The second kappa shape index (κ2) is 6.48. The molecular formula is C18H21N5OS. The lowest BCUT2D eigenvalue weighted by Gasteiger charge is -2.32. The molecule has 25 heavy (non-hydrogen) atoms. The molecule has 4 heterocycles. The second-order valence-corrected chi connectivity index (χ2v) is 7.53. The predicted octanol–water partition coefficient (Wildman–Crippen LogP) is 3.04. The number of piperidine rings is 1. The SMILES string of the molecule is CN(C)c1cnn(C2CCN(C(=O)c3csc4ccncc34)CC2)c1. The predicted molar refractivity (Wildman–Crippen MR) is 100 cm³/mol. The van der Waals surface area contributed by atoms with Gasteiger partial charge in [-0.2, -0.15) is 5.10 Å². The van der Waals surface area contributed by atoms with Crippen LogP contribution >= 0.6 is 11.3 Å². The first-order valence-electron chi connectivity index (χ1n) is 8.45. The Kier molecular flexibility index (Phi) is 4.17. The van der Waals surface area contributed by atoms with Crippen LogP contribution in [0.25, 0.3) is 10.1 Å². The van der Waals surface area contributed by atoms with Crippen LogP contribution in [-0.4, -0.2) is 52.8 Å². The van der Waals surface area contributed by atoms with Gasteiger partial charge in [0.1, 0.15) is 0 Å². The van der Waals surface area contributed by atoms with E-state index in [1.807, 2.05) is 41.3 Å². The molecule has 0 aromatic carbocycles. The molecule has 7 heteroatoms. The number of nitrogens with zero attached hydrogens (tertiary/aromatic N) is 5. The molecule has 1 saturated heterocycles. The highest BCUT2D eigenvalue weighted by Gasteiger charge is 2.26. The lowest BCUT2D eigenvalue weighted by Crippen LogP contribution is -2.39. The molecule has 0 aliphatic carbocycles. The van der Waals surface area contributed by atoms with E-state index in [0.717, 1.165) is 47.3 Å². The number of pyridine rings is 1. The van der Waals surface area contributed by atoms with E-state index >= 15 is 0 Å². The van der Waals surface area contributed by atoms with Crippen molar-refractivity contribution in [1.29, 1.82) is 0 Å². The van der Waals surface area contributed by atoms with Gasteiger partial charge in [-0.25, -0.2) is 0 Å². The standard InChI is InChI=1S/C18H21N5OS/c1-21(2)14-9-20-23(11-14)13-4-7-22(8-5-13)18(24)16-12-25-17-3-6-19-10-15(16)17/h3,6,9-13H,4-5,7-8H2,1-2H3. The lowest BCUT2D eigenvalue weighted by atomic mass is 10.0. The first-order valence-corrected chi connectivity index (χ1v) is 9.33. The van der Waals surface area contributed by atoms with Gasteiger partial charge in [0.15, 0.2) is 0 Å². The number of rotatable bonds is 3. The molecule has 130 valence electrons.